The molecular formula is C19H17F4N5O3. The monoisotopic (exact) mass is 439 g/mol. The average Bonchev–Trinajstić information content (AvgIpc) is 3.13. The van der Waals surface area contributed by atoms with Gasteiger partial charge in [0.25, 0.3) is 18.4 Å². The molecule has 0 aliphatic carbocycles. The molecule has 0 spiro atoms. The van der Waals surface area contributed by atoms with E-state index in [1.165, 1.54) is 12.1 Å². The van der Waals surface area contributed by atoms with Gasteiger partial charge in [-0.25, -0.2) is 27.5 Å². The number of fused-ring (bicyclic) bond motifs is 1. The number of amides is 1. The third-order valence-electron chi connectivity index (χ3n) is 5.27. The van der Waals surface area contributed by atoms with E-state index in [1.807, 2.05) is 0 Å². The Labute approximate surface area is 173 Å². The van der Waals surface area contributed by atoms with E-state index in [-0.39, 0.29) is 36.2 Å². The Morgan fingerprint density at radius 1 is 1.32 bits per heavy atom. The van der Waals surface area contributed by atoms with Gasteiger partial charge in [-0.15, -0.1) is 0 Å². The molecule has 1 aromatic carbocycles. The summed E-state index contributed by atoms with van der Waals surface area (Å²) < 4.78 is 64.1. The van der Waals surface area contributed by atoms with Crippen molar-refractivity contribution >= 4 is 17.6 Å². The Balaban J connectivity index is 1.64. The van der Waals surface area contributed by atoms with Crippen molar-refractivity contribution in [3.8, 4) is 0 Å². The summed E-state index contributed by atoms with van der Waals surface area (Å²) in [6, 6.07) is 3.58. The Bertz CT molecular complexity index is 1020. The highest BCUT2D eigenvalue weighted by Gasteiger charge is 2.55. The predicted octanol–water partition coefficient (Wildman–Crippen LogP) is 2.33. The van der Waals surface area contributed by atoms with Crippen LogP contribution in [0, 0.1) is 11.7 Å². The number of aromatic nitrogens is 2. The van der Waals surface area contributed by atoms with Gasteiger partial charge in [-0.2, -0.15) is 0 Å². The van der Waals surface area contributed by atoms with E-state index in [9.17, 15) is 22.4 Å². The molecule has 0 saturated carbocycles. The minimum Gasteiger partial charge on any atom is -0.465 e. The molecule has 8 nitrogen and oxygen atoms in total. The molecule has 2 aromatic rings. The molecule has 164 valence electrons. The standard InChI is InChI=1S/C19H17F4N5O3/c20-4-15-11-7-30-18(24)28-19(11,8-31-15)10-3-9(1-2-12(10)21)27-17(29)14-6-25-13(5-26-14)16(22)23/h1-3,5-6,11,15-16H,4,7-8H2,(H2,24,28)(H,27,29)/t11?,15-,19?/m1/s1. The van der Waals surface area contributed by atoms with Crippen molar-refractivity contribution in [1.82, 2.24) is 9.97 Å². The summed E-state index contributed by atoms with van der Waals surface area (Å²) in [4.78, 5) is 23.8. The fourth-order valence-corrected chi connectivity index (χ4v) is 3.72. The molecule has 1 aromatic heterocycles. The van der Waals surface area contributed by atoms with Crippen LogP contribution >= 0.6 is 0 Å². The van der Waals surface area contributed by atoms with Gasteiger partial charge in [0.2, 0.25) is 0 Å². The average molecular weight is 439 g/mol. The number of carbonyl (C=O) groups excluding carboxylic acids is 1. The van der Waals surface area contributed by atoms with E-state index in [4.69, 9.17) is 15.2 Å². The van der Waals surface area contributed by atoms with Crippen LogP contribution in [0.3, 0.4) is 0 Å². The van der Waals surface area contributed by atoms with Gasteiger partial charge in [0, 0.05) is 11.3 Å². The SMILES string of the molecule is NC1=NC2(c3cc(NC(=O)c4cnc(C(F)F)cn4)ccc3F)CO[C@H](CF)C2CO1. The number of nitrogens with zero attached hydrogens (tertiary/aromatic N) is 3. The van der Waals surface area contributed by atoms with E-state index >= 15 is 0 Å². The Hall–Kier alpha value is -3.28. The molecule has 3 heterocycles. The van der Waals surface area contributed by atoms with Gasteiger partial charge >= 0.3 is 0 Å². The maximum absolute atomic E-state index is 14.8. The lowest BCUT2D eigenvalue weighted by Crippen LogP contribution is -2.45. The van der Waals surface area contributed by atoms with Crippen LogP contribution in [0.1, 0.15) is 28.2 Å². The highest BCUT2D eigenvalue weighted by atomic mass is 19.3. The van der Waals surface area contributed by atoms with Crippen molar-refractivity contribution in [2.75, 3.05) is 25.2 Å². The first-order chi connectivity index (χ1) is 14.8. The fraction of sp³-hybridized carbons (Fsp3) is 0.368. The van der Waals surface area contributed by atoms with Crippen LogP contribution in [0.2, 0.25) is 0 Å². The molecule has 1 amide bonds. The normalized spacial score (nSPS) is 25.0. The molecule has 2 aliphatic rings. The van der Waals surface area contributed by atoms with E-state index < -0.39 is 48.1 Å². The number of hydrogen-bond acceptors (Lipinski definition) is 7. The molecule has 31 heavy (non-hydrogen) atoms. The number of ether oxygens (including phenoxy) is 2. The number of halogens is 4. The molecule has 4 rings (SSSR count). The third-order valence-corrected chi connectivity index (χ3v) is 5.27. The van der Waals surface area contributed by atoms with E-state index in [0.717, 1.165) is 18.5 Å². The molecule has 1 fully saturated rings. The molecule has 2 unspecified atom stereocenters. The molecule has 12 heteroatoms. The number of rotatable bonds is 5. The summed E-state index contributed by atoms with van der Waals surface area (Å²) in [5.74, 6) is -2.01. The number of nitrogens with one attached hydrogen (secondary N) is 1. The number of benzene rings is 1. The topological polar surface area (TPSA) is 112 Å². The van der Waals surface area contributed by atoms with Crippen molar-refractivity contribution in [3.05, 3.63) is 53.4 Å². The first-order valence-corrected chi connectivity index (χ1v) is 9.21. The second kappa shape index (κ2) is 8.10. The maximum Gasteiger partial charge on any atom is 0.282 e. The Morgan fingerprint density at radius 3 is 2.81 bits per heavy atom. The largest absolute Gasteiger partial charge is 0.465 e. The smallest absolute Gasteiger partial charge is 0.282 e. The van der Waals surface area contributed by atoms with Crippen molar-refractivity contribution in [2.45, 2.75) is 18.1 Å². The van der Waals surface area contributed by atoms with E-state index in [2.05, 4.69) is 20.3 Å². The number of carbonyl (C=O) groups is 1. The Kier molecular flexibility index (Phi) is 5.48. The minimum atomic E-state index is -2.81. The molecule has 3 N–H and O–H groups in total. The van der Waals surface area contributed by atoms with Crippen LogP contribution < -0.4 is 11.1 Å². The summed E-state index contributed by atoms with van der Waals surface area (Å²) in [6.45, 7) is -0.937. The molecule has 3 atom stereocenters. The zero-order valence-corrected chi connectivity index (χ0v) is 15.9. The van der Waals surface area contributed by atoms with Gasteiger partial charge in [0.05, 0.1) is 37.6 Å². The lowest BCUT2D eigenvalue weighted by Gasteiger charge is -2.35. The molecule has 0 bridgehead atoms. The number of hydrogen-bond donors (Lipinski definition) is 2. The second-order valence-electron chi connectivity index (χ2n) is 7.07. The van der Waals surface area contributed by atoms with Crippen LogP contribution in [0.4, 0.5) is 23.2 Å². The quantitative estimate of drug-likeness (QED) is 0.692. The number of alkyl halides is 3. The molecule has 0 radical (unpaired) electrons. The zero-order valence-electron chi connectivity index (χ0n) is 15.9. The van der Waals surface area contributed by atoms with Gasteiger partial charge in [0.15, 0.2) is 0 Å². The Morgan fingerprint density at radius 2 is 2.13 bits per heavy atom. The van der Waals surface area contributed by atoms with Crippen LogP contribution in [0.25, 0.3) is 0 Å². The minimum absolute atomic E-state index is 0.00791. The van der Waals surface area contributed by atoms with Crippen molar-refractivity contribution in [1.29, 1.82) is 0 Å². The number of anilines is 1. The second-order valence-corrected chi connectivity index (χ2v) is 7.07. The lowest BCUT2D eigenvalue weighted by molar-refractivity contribution is 0.0528. The fourth-order valence-electron chi connectivity index (χ4n) is 3.72. The third kappa shape index (κ3) is 3.78. The van der Waals surface area contributed by atoms with Crippen LogP contribution in [-0.2, 0) is 15.0 Å². The van der Waals surface area contributed by atoms with Gasteiger partial charge in [0.1, 0.15) is 29.4 Å². The highest BCUT2D eigenvalue weighted by Crippen LogP contribution is 2.46. The molecular weight excluding hydrogens is 422 g/mol. The van der Waals surface area contributed by atoms with E-state index in [1.54, 1.807) is 0 Å². The van der Waals surface area contributed by atoms with Gasteiger partial charge < -0.3 is 20.5 Å². The van der Waals surface area contributed by atoms with Crippen LogP contribution in [0.5, 0.6) is 0 Å². The lowest BCUT2D eigenvalue weighted by atomic mass is 9.78. The van der Waals surface area contributed by atoms with Crippen LogP contribution in [-0.4, -0.2) is 47.9 Å². The molecule has 2 aliphatic heterocycles. The summed E-state index contributed by atoms with van der Waals surface area (Å²) in [6.07, 6.45) is -1.95. The summed E-state index contributed by atoms with van der Waals surface area (Å²) in [5, 5.41) is 2.51. The van der Waals surface area contributed by atoms with E-state index in [0.29, 0.717) is 0 Å². The highest BCUT2D eigenvalue weighted by molar-refractivity contribution is 6.02. The summed E-state index contributed by atoms with van der Waals surface area (Å²) in [7, 11) is 0. The van der Waals surface area contributed by atoms with Crippen molar-refractivity contribution in [2.24, 2.45) is 16.6 Å². The predicted molar refractivity (Wildman–Crippen MR) is 99.8 cm³/mol. The molecule has 1 saturated heterocycles. The first kappa shape index (κ1) is 21.0. The van der Waals surface area contributed by atoms with Gasteiger partial charge in [-0.1, -0.05) is 0 Å². The maximum atomic E-state index is 14.8. The van der Waals surface area contributed by atoms with Crippen molar-refractivity contribution in [3.63, 3.8) is 0 Å². The summed E-state index contributed by atoms with van der Waals surface area (Å²) >= 11 is 0. The van der Waals surface area contributed by atoms with Crippen LogP contribution in [0.15, 0.2) is 35.6 Å². The van der Waals surface area contributed by atoms with Gasteiger partial charge in [-0.3, -0.25) is 9.78 Å². The number of amidine groups is 1. The number of aliphatic imine (C=N–C) groups is 1. The van der Waals surface area contributed by atoms with Crippen molar-refractivity contribution < 1.29 is 31.8 Å². The first-order valence-electron chi connectivity index (χ1n) is 9.21. The zero-order chi connectivity index (χ0) is 22.2. The van der Waals surface area contributed by atoms with Gasteiger partial charge in [-0.05, 0) is 18.2 Å². The number of nitrogens with two attached hydrogens (primary N) is 1. The summed E-state index contributed by atoms with van der Waals surface area (Å²) in [5.41, 5.74) is 3.84.